The second-order valence-electron chi connectivity index (χ2n) is 4.90. The molecule has 0 bridgehead atoms. The summed E-state index contributed by atoms with van der Waals surface area (Å²) in [5.41, 5.74) is 8.79. The van der Waals surface area contributed by atoms with E-state index in [0.717, 1.165) is 53.7 Å². The molecule has 1 aromatic carbocycles. The number of fused-ring (bicyclic) bond motifs is 1. The number of hydrogen-bond donors (Lipinski definition) is 1. The smallest absolute Gasteiger partial charge is 0.189 e. The fourth-order valence-corrected chi connectivity index (χ4v) is 3.65. The second-order valence-corrected chi connectivity index (χ2v) is 6.60. The zero-order chi connectivity index (χ0) is 13.2. The molecule has 1 aromatic rings. The third-order valence-corrected chi connectivity index (χ3v) is 4.75. The maximum absolute atomic E-state index is 11.4. The monoisotopic (exact) mass is 282 g/mol. The van der Waals surface area contributed by atoms with Crippen LogP contribution in [-0.4, -0.2) is 40.5 Å². The van der Waals surface area contributed by atoms with Crippen LogP contribution < -0.4 is 10.5 Å². The Hall–Kier alpha value is -1.11. The number of nitrogens with zero attached hydrogens (tertiary/aromatic N) is 1. The van der Waals surface area contributed by atoms with Crippen LogP contribution in [0.5, 0.6) is 5.75 Å². The molecule has 0 atom stereocenters. The van der Waals surface area contributed by atoms with E-state index in [1.807, 2.05) is 12.1 Å². The summed E-state index contributed by atoms with van der Waals surface area (Å²) in [7, 11) is -0.643. The summed E-state index contributed by atoms with van der Waals surface area (Å²) in [5.74, 6) is 2.43. The van der Waals surface area contributed by atoms with E-state index in [1.165, 1.54) is 0 Å². The fourth-order valence-electron chi connectivity index (χ4n) is 2.52. The van der Waals surface area contributed by atoms with Gasteiger partial charge in [-0.15, -0.1) is 0 Å². The van der Waals surface area contributed by atoms with E-state index < -0.39 is 10.8 Å². The van der Waals surface area contributed by atoms with Gasteiger partial charge in [0, 0.05) is 58.8 Å². The van der Waals surface area contributed by atoms with E-state index in [1.54, 1.807) is 0 Å². The molecule has 19 heavy (non-hydrogen) atoms. The molecule has 104 valence electrons. The van der Waals surface area contributed by atoms with E-state index in [-0.39, 0.29) is 0 Å². The first-order valence-corrected chi connectivity index (χ1v) is 7.90. The topological polar surface area (TPSA) is 64.8 Å². The van der Waals surface area contributed by atoms with Crippen molar-refractivity contribution in [3.8, 4) is 5.75 Å². The highest BCUT2D eigenvalue weighted by Gasteiger charge is 2.20. The van der Waals surface area contributed by atoms with Gasteiger partial charge in [-0.25, -0.2) is 0 Å². The summed E-state index contributed by atoms with van der Waals surface area (Å²) < 4.78 is 22.3. The van der Waals surface area contributed by atoms with Crippen molar-refractivity contribution >= 4 is 16.5 Å². The summed E-state index contributed by atoms with van der Waals surface area (Å²) in [6, 6.07) is 3.87. The van der Waals surface area contributed by atoms with Crippen LogP contribution in [-0.2, 0) is 28.7 Å². The minimum Gasteiger partial charge on any atom is -0.467 e. The van der Waals surface area contributed by atoms with E-state index in [0.29, 0.717) is 13.4 Å². The van der Waals surface area contributed by atoms with Gasteiger partial charge in [-0.2, -0.15) is 0 Å². The Morgan fingerprint density at radius 3 is 2.89 bits per heavy atom. The Morgan fingerprint density at radius 1 is 1.32 bits per heavy atom. The predicted octanol–water partition coefficient (Wildman–Crippen LogP) is 0.700. The lowest BCUT2D eigenvalue weighted by molar-refractivity contribution is -0.0174. The Kier molecular flexibility index (Phi) is 3.72. The van der Waals surface area contributed by atoms with Gasteiger partial charge < -0.3 is 15.2 Å². The highest BCUT2D eigenvalue weighted by molar-refractivity contribution is 7.85. The van der Waals surface area contributed by atoms with Crippen LogP contribution in [0.3, 0.4) is 0 Å². The van der Waals surface area contributed by atoms with Crippen LogP contribution in [0.25, 0.3) is 0 Å². The average Bonchev–Trinajstić information content (AvgIpc) is 2.41. The largest absolute Gasteiger partial charge is 0.467 e. The summed E-state index contributed by atoms with van der Waals surface area (Å²) in [5, 5.41) is 0. The number of anilines is 1. The van der Waals surface area contributed by atoms with Crippen molar-refractivity contribution < 1.29 is 13.7 Å². The van der Waals surface area contributed by atoms with Crippen molar-refractivity contribution in [2.24, 2.45) is 0 Å². The molecule has 2 aliphatic rings. The van der Waals surface area contributed by atoms with E-state index in [9.17, 15) is 4.21 Å². The number of ether oxygens (including phenoxy) is 2. The molecular formula is C13H18N2O3S. The summed E-state index contributed by atoms with van der Waals surface area (Å²) >= 11 is 0. The maximum Gasteiger partial charge on any atom is 0.189 e. The van der Waals surface area contributed by atoms with Gasteiger partial charge in [0.15, 0.2) is 6.79 Å². The van der Waals surface area contributed by atoms with Gasteiger partial charge in [-0.05, 0) is 12.1 Å². The molecule has 0 amide bonds. The molecule has 0 aliphatic carbocycles. The van der Waals surface area contributed by atoms with Gasteiger partial charge in [0.25, 0.3) is 0 Å². The van der Waals surface area contributed by atoms with Crippen LogP contribution >= 0.6 is 0 Å². The molecule has 2 aliphatic heterocycles. The molecule has 0 saturated carbocycles. The quantitative estimate of drug-likeness (QED) is 0.809. The third-order valence-electron chi connectivity index (χ3n) is 3.47. The third kappa shape index (κ3) is 2.91. The lowest BCUT2D eigenvalue weighted by Gasteiger charge is -2.28. The van der Waals surface area contributed by atoms with Crippen LogP contribution in [0.4, 0.5) is 5.69 Å². The molecule has 6 heteroatoms. The number of hydrogen-bond acceptors (Lipinski definition) is 5. The molecule has 2 heterocycles. The highest BCUT2D eigenvalue weighted by atomic mass is 32.2. The van der Waals surface area contributed by atoms with Crippen molar-refractivity contribution in [2.45, 2.75) is 13.2 Å². The lowest BCUT2D eigenvalue weighted by Crippen LogP contribution is -2.37. The molecule has 0 spiro atoms. The maximum atomic E-state index is 11.4. The van der Waals surface area contributed by atoms with Crippen molar-refractivity contribution in [3.63, 3.8) is 0 Å². The minimum absolute atomic E-state index is 0.300. The first-order chi connectivity index (χ1) is 9.22. The molecule has 3 rings (SSSR count). The molecule has 1 fully saturated rings. The average molecular weight is 282 g/mol. The summed E-state index contributed by atoms with van der Waals surface area (Å²) in [4.78, 5) is 2.30. The van der Waals surface area contributed by atoms with Crippen molar-refractivity contribution in [1.29, 1.82) is 0 Å². The zero-order valence-corrected chi connectivity index (χ0v) is 11.6. The summed E-state index contributed by atoms with van der Waals surface area (Å²) in [6.45, 7) is 3.38. The molecular weight excluding hydrogens is 264 g/mol. The molecule has 0 unspecified atom stereocenters. The van der Waals surface area contributed by atoms with Gasteiger partial charge in [-0.3, -0.25) is 9.11 Å². The molecule has 1 saturated heterocycles. The minimum atomic E-state index is -0.643. The number of benzene rings is 1. The van der Waals surface area contributed by atoms with Crippen LogP contribution in [0, 0.1) is 0 Å². The van der Waals surface area contributed by atoms with Crippen LogP contribution in [0.15, 0.2) is 12.1 Å². The van der Waals surface area contributed by atoms with Gasteiger partial charge >= 0.3 is 0 Å². The first-order valence-electron chi connectivity index (χ1n) is 6.41. The fraction of sp³-hybridized carbons (Fsp3) is 0.538. The van der Waals surface area contributed by atoms with Gasteiger partial charge in [0.2, 0.25) is 0 Å². The number of nitrogens with two attached hydrogens (primary N) is 1. The molecule has 5 nitrogen and oxygen atoms in total. The number of rotatable bonds is 2. The van der Waals surface area contributed by atoms with Gasteiger partial charge in [-0.1, -0.05) is 0 Å². The molecule has 0 aromatic heterocycles. The van der Waals surface area contributed by atoms with Crippen molar-refractivity contribution in [2.75, 3.05) is 37.1 Å². The Bertz CT molecular complexity index is 497. The van der Waals surface area contributed by atoms with Crippen LogP contribution in [0.2, 0.25) is 0 Å². The first kappa shape index (κ1) is 12.9. The SMILES string of the molecule is Nc1cc2c(c(CN3CCS(=O)CC3)c1)OCOC2. The van der Waals surface area contributed by atoms with E-state index in [4.69, 9.17) is 15.2 Å². The predicted molar refractivity (Wildman–Crippen MR) is 74.3 cm³/mol. The van der Waals surface area contributed by atoms with Crippen molar-refractivity contribution in [3.05, 3.63) is 23.3 Å². The van der Waals surface area contributed by atoms with E-state index >= 15 is 0 Å². The van der Waals surface area contributed by atoms with Crippen LogP contribution in [0.1, 0.15) is 11.1 Å². The Balaban J connectivity index is 1.80. The lowest BCUT2D eigenvalue weighted by atomic mass is 10.1. The summed E-state index contributed by atoms with van der Waals surface area (Å²) in [6.07, 6.45) is 0. The normalized spacial score (nSPS) is 20.8. The molecule has 0 radical (unpaired) electrons. The second kappa shape index (κ2) is 5.48. The van der Waals surface area contributed by atoms with E-state index in [2.05, 4.69) is 4.90 Å². The zero-order valence-electron chi connectivity index (χ0n) is 10.8. The molecule has 2 N–H and O–H groups in total. The Morgan fingerprint density at radius 2 is 2.11 bits per heavy atom. The number of nitrogen functional groups attached to an aromatic ring is 1. The highest BCUT2D eigenvalue weighted by Crippen LogP contribution is 2.31. The van der Waals surface area contributed by atoms with Gasteiger partial charge in [0.1, 0.15) is 5.75 Å². The standard InChI is InChI=1S/C13H18N2O3S/c14-12-5-10(7-15-1-3-19(16)4-2-15)13-11(6-12)8-17-9-18-13/h5-6H,1-4,7-9,14H2. The van der Waals surface area contributed by atoms with Gasteiger partial charge in [0.05, 0.1) is 6.61 Å². The van der Waals surface area contributed by atoms with Crippen molar-refractivity contribution in [1.82, 2.24) is 4.90 Å². The Labute approximate surface area is 115 Å².